The summed E-state index contributed by atoms with van der Waals surface area (Å²) in [4.78, 5) is 80.1. The number of rotatable bonds is 13. The molecule has 2 atom stereocenters. The molecule has 0 bridgehead atoms. The van der Waals surface area contributed by atoms with Crippen LogP contribution in [0.1, 0.15) is 102 Å². The van der Waals surface area contributed by atoms with Gasteiger partial charge in [-0.15, -0.1) is 0 Å². The Hall–Kier alpha value is -6.54. The zero-order chi connectivity index (χ0) is 51.9. The summed E-state index contributed by atoms with van der Waals surface area (Å²) in [5.41, 5.74) is -0.222. The van der Waals surface area contributed by atoms with Gasteiger partial charge in [-0.2, -0.15) is 0 Å². The number of likely N-dealkylation sites (tertiary alicyclic amines) is 1. The number of carbonyl (C=O) groups excluding carboxylic acids is 6. The lowest BCUT2D eigenvalue weighted by Gasteiger charge is -2.26. The van der Waals surface area contributed by atoms with Gasteiger partial charge in [0.1, 0.15) is 48.1 Å². The van der Waals surface area contributed by atoms with Crippen LogP contribution in [0.4, 0.5) is 18.4 Å². The molecule has 6 rings (SSSR count). The first kappa shape index (κ1) is 57.8. The number of Topliss-reactive ketones (excluding diaryl/α,β-unsaturated/α-hetero) is 1. The molecule has 0 unspecified atom stereocenters. The lowest BCUT2D eigenvalue weighted by Crippen LogP contribution is -2.45. The van der Waals surface area contributed by atoms with Gasteiger partial charge >= 0.3 is 24.1 Å². The van der Waals surface area contributed by atoms with Crippen LogP contribution in [0.25, 0.3) is 0 Å². The van der Waals surface area contributed by atoms with E-state index in [0.717, 1.165) is 22.6 Å². The summed E-state index contributed by atoms with van der Waals surface area (Å²) in [5.74, 6) is -1.89. The molecule has 0 radical (unpaired) electrons. The standard InChI is InChI=1S/C23H27FN2O6.C12H9BrFNO.C11H17NO5.C4H8O/c1-23(2,3)32-22(29)26-18(21(28)30-4)10-11-19(27)15-9-12-20(25-13-15)31-14-16-7-5-6-8-17(16)24;13-10-5-6-12(15-7-10)16-8-9-3-1-2-4-11(9)14;1-11(2,3)17-10(15)12-7(9(14)16-4)5-6-8(12)13;1-2-4-5-3-1/h5-9,12-13,18H,10-11,14H2,1-4H3,(H,26,29);1-7H,8H2;7H,5-6H2,1-4H3;1-4H2/t18-;;7-;/m0.0./s1. The highest BCUT2D eigenvalue weighted by Gasteiger charge is 2.43. The lowest BCUT2D eigenvalue weighted by molar-refractivity contribution is -0.148. The summed E-state index contributed by atoms with van der Waals surface area (Å²) in [6.45, 7) is 12.3. The van der Waals surface area contributed by atoms with E-state index in [4.69, 9.17) is 28.4 Å². The quantitative estimate of drug-likeness (QED) is 0.0752. The van der Waals surface area contributed by atoms with Crippen molar-refractivity contribution in [3.63, 3.8) is 0 Å². The van der Waals surface area contributed by atoms with Crippen molar-refractivity contribution in [1.82, 2.24) is 20.2 Å². The minimum atomic E-state index is -1.03. The van der Waals surface area contributed by atoms with Crippen molar-refractivity contribution in [2.75, 3.05) is 27.4 Å². The highest BCUT2D eigenvalue weighted by molar-refractivity contribution is 9.10. The molecule has 2 aliphatic rings. The van der Waals surface area contributed by atoms with Crippen LogP contribution >= 0.6 is 15.9 Å². The Balaban J connectivity index is 0.000000285. The number of esters is 2. The fourth-order valence-electron chi connectivity index (χ4n) is 5.97. The number of benzene rings is 2. The van der Waals surface area contributed by atoms with Crippen molar-refractivity contribution in [3.8, 4) is 11.8 Å². The van der Waals surface area contributed by atoms with Crippen molar-refractivity contribution >= 4 is 51.7 Å². The molecule has 1 N–H and O–H groups in total. The molecule has 0 aliphatic carbocycles. The third-order valence-electron chi connectivity index (χ3n) is 9.36. The molecule has 70 heavy (non-hydrogen) atoms. The molecule has 2 saturated heterocycles. The average molecular weight is 1040 g/mol. The van der Waals surface area contributed by atoms with Gasteiger partial charge in [0.15, 0.2) is 5.78 Å². The molecule has 20 heteroatoms. The minimum Gasteiger partial charge on any atom is -0.473 e. The highest BCUT2D eigenvalue weighted by Crippen LogP contribution is 2.23. The second-order valence-corrected chi connectivity index (χ2v) is 18.2. The molecule has 2 aliphatic heterocycles. The minimum absolute atomic E-state index is 0.00408. The van der Waals surface area contributed by atoms with E-state index in [1.807, 2.05) is 6.07 Å². The molecule has 380 valence electrons. The molecule has 17 nitrogen and oxygen atoms in total. The van der Waals surface area contributed by atoms with Crippen LogP contribution in [-0.2, 0) is 51.3 Å². The van der Waals surface area contributed by atoms with E-state index in [1.54, 1.807) is 90.2 Å². The van der Waals surface area contributed by atoms with Crippen LogP contribution < -0.4 is 14.8 Å². The van der Waals surface area contributed by atoms with E-state index >= 15 is 0 Å². The maximum Gasteiger partial charge on any atom is 0.417 e. The Kier molecular flexibility index (Phi) is 23.8. The van der Waals surface area contributed by atoms with Crippen molar-refractivity contribution in [2.45, 2.75) is 117 Å². The molecule has 2 aromatic heterocycles. The number of aromatic nitrogens is 2. The summed E-state index contributed by atoms with van der Waals surface area (Å²) in [7, 11) is 2.41. The number of halogens is 3. The molecule has 4 heterocycles. The van der Waals surface area contributed by atoms with Gasteiger partial charge < -0.3 is 38.5 Å². The van der Waals surface area contributed by atoms with Gasteiger partial charge in [-0.1, -0.05) is 36.4 Å². The first-order chi connectivity index (χ1) is 33.1. The first-order valence-electron chi connectivity index (χ1n) is 22.2. The Morgan fingerprint density at radius 2 is 1.31 bits per heavy atom. The fourth-order valence-corrected chi connectivity index (χ4v) is 6.20. The van der Waals surface area contributed by atoms with E-state index in [1.165, 1.54) is 57.5 Å². The molecule has 2 fully saturated rings. The predicted molar refractivity (Wildman–Crippen MR) is 255 cm³/mol. The van der Waals surface area contributed by atoms with E-state index in [-0.39, 0.29) is 62.2 Å². The van der Waals surface area contributed by atoms with Crippen molar-refractivity contribution in [1.29, 1.82) is 0 Å². The summed E-state index contributed by atoms with van der Waals surface area (Å²) in [6.07, 6.45) is 4.38. The van der Waals surface area contributed by atoms with Crippen LogP contribution in [0.15, 0.2) is 89.7 Å². The molecule has 0 saturated carbocycles. The van der Waals surface area contributed by atoms with Crippen molar-refractivity contribution in [2.24, 2.45) is 0 Å². The Labute approximate surface area is 415 Å². The summed E-state index contributed by atoms with van der Waals surface area (Å²) in [5, 5.41) is 2.42. The zero-order valence-corrected chi connectivity index (χ0v) is 42.2. The molecule has 4 aromatic rings. The van der Waals surface area contributed by atoms with Crippen LogP contribution in [-0.4, -0.2) is 101 Å². The lowest BCUT2D eigenvalue weighted by atomic mass is 10.0. The number of hydrogen-bond acceptors (Lipinski definition) is 15. The number of pyridine rings is 2. The van der Waals surface area contributed by atoms with E-state index in [2.05, 4.69) is 36.0 Å². The van der Waals surface area contributed by atoms with Crippen LogP contribution in [0, 0.1) is 11.6 Å². The SMILES string of the molecule is C1CCOC1.COC(=O)[C@@H]1CCC(=O)N1C(=O)OC(C)(C)C.COC(=O)[C@H](CCC(=O)c1ccc(OCc2ccccc2F)nc1)NC(=O)OC(C)(C)C.Fc1ccccc1COc1ccc(Br)cn1. The number of methoxy groups -OCH3 is 2. The van der Waals surface area contributed by atoms with Gasteiger partial charge in [-0.25, -0.2) is 42.8 Å². The van der Waals surface area contributed by atoms with E-state index in [0.29, 0.717) is 22.6 Å². The Morgan fingerprint density at radius 1 is 0.771 bits per heavy atom. The first-order valence-corrected chi connectivity index (χ1v) is 23.0. The zero-order valence-electron chi connectivity index (χ0n) is 40.6. The molecular weight excluding hydrogens is 982 g/mol. The van der Waals surface area contributed by atoms with Crippen LogP contribution in [0.5, 0.6) is 11.8 Å². The second-order valence-electron chi connectivity index (χ2n) is 17.3. The van der Waals surface area contributed by atoms with Gasteiger partial charge in [-0.3, -0.25) is 9.59 Å². The summed E-state index contributed by atoms with van der Waals surface area (Å²) < 4.78 is 63.0. The highest BCUT2D eigenvalue weighted by atomic mass is 79.9. The van der Waals surface area contributed by atoms with Crippen LogP contribution in [0.3, 0.4) is 0 Å². The average Bonchev–Trinajstić information content (AvgIpc) is 4.03. The number of alkyl carbamates (subject to hydrolysis) is 1. The smallest absolute Gasteiger partial charge is 0.417 e. The van der Waals surface area contributed by atoms with Gasteiger partial charge in [0.2, 0.25) is 17.7 Å². The van der Waals surface area contributed by atoms with Crippen molar-refractivity contribution in [3.05, 3.63) is 118 Å². The van der Waals surface area contributed by atoms with Gasteiger partial charge in [0.25, 0.3) is 0 Å². The van der Waals surface area contributed by atoms with Gasteiger partial charge in [-0.05, 0) is 107 Å². The number of ketones is 1. The summed E-state index contributed by atoms with van der Waals surface area (Å²) in [6, 6.07) is 17.5. The Morgan fingerprint density at radius 3 is 1.76 bits per heavy atom. The maximum atomic E-state index is 13.6. The fraction of sp³-hybridized carbons (Fsp3) is 0.440. The number of carbonyl (C=O) groups is 6. The number of ether oxygens (including phenoxy) is 7. The maximum absolute atomic E-state index is 13.6. The topological polar surface area (TPSA) is 208 Å². The number of imide groups is 1. The molecule has 0 spiro atoms. The molecule has 3 amide bonds. The number of hydrogen-bond donors (Lipinski definition) is 1. The number of nitrogens with zero attached hydrogens (tertiary/aromatic N) is 3. The van der Waals surface area contributed by atoms with Gasteiger partial charge in [0.05, 0.1) is 14.2 Å². The third-order valence-corrected chi connectivity index (χ3v) is 9.83. The number of nitrogens with one attached hydrogen (secondary N) is 1. The van der Waals surface area contributed by atoms with Gasteiger partial charge in [0, 0.05) is 71.7 Å². The summed E-state index contributed by atoms with van der Waals surface area (Å²) >= 11 is 3.28. The largest absolute Gasteiger partial charge is 0.473 e. The van der Waals surface area contributed by atoms with Crippen LogP contribution in [0.2, 0.25) is 0 Å². The van der Waals surface area contributed by atoms with E-state index < -0.39 is 53.3 Å². The number of amides is 3. The predicted octanol–water partition coefficient (Wildman–Crippen LogP) is 9.27. The van der Waals surface area contributed by atoms with E-state index in [9.17, 15) is 37.5 Å². The normalized spacial score (nSPS) is 14.4. The molecular formula is C50H61BrF2N4O13. The third kappa shape index (κ3) is 21.4. The Bertz CT molecular complexity index is 2310. The monoisotopic (exact) mass is 1040 g/mol. The van der Waals surface area contributed by atoms with Crippen molar-refractivity contribution < 1.29 is 70.7 Å². The molecule has 2 aromatic carbocycles. The second kappa shape index (κ2) is 28.8.